The second-order valence-corrected chi connectivity index (χ2v) is 4.82. The highest BCUT2D eigenvalue weighted by Gasteiger charge is 2.07. The van der Waals surface area contributed by atoms with Gasteiger partial charge in [-0.1, -0.05) is 11.6 Å². The minimum atomic E-state index is -0.428. The smallest absolute Gasteiger partial charge is 0.344 e. The number of rotatable bonds is 5. The molecule has 0 saturated carbocycles. The number of carbonyl (C=O) groups is 1. The fraction of sp³-hybridized carbons (Fsp3) is 0.286. The van der Waals surface area contributed by atoms with Gasteiger partial charge in [0.25, 0.3) is 0 Å². The Balaban J connectivity index is 1.80. The second kappa shape index (κ2) is 6.43. The fourth-order valence-electron chi connectivity index (χ4n) is 1.66. The Hall–Kier alpha value is -2.01. The van der Waals surface area contributed by atoms with Gasteiger partial charge >= 0.3 is 5.97 Å². The molecule has 106 valence electrons. The summed E-state index contributed by atoms with van der Waals surface area (Å²) in [6.45, 7) is 1.92. The van der Waals surface area contributed by atoms with Gasteiger partial charge < -0.3 is 9.47 Å². The number of hydrogen-bond donors (Lipinski definition) is 0. The summed E-state index contributed by atoms with van der Waals surface area (Å²) in [6.07, 6.45) is 3.44. The lowest BCUT2D eigenvalue weighted by atomic mass is 10.2. The van der Waals surface area contributed by atoms with Gasteiger partial charge in [-0.3, -0.25) is 4.68 Å². The van der Waals surface area contributed by atoms with Crippen LogP contribution in [0.25, 0.3) is 0 Å². The maximum absolute atomic E-state index is 11.6. The first-order valence-corrected chi connectivity index (χ1v) is 6.44. The van der Waals surface area contributed by atoms with E-state index >= 15 is 0 Å². The van der Waals surface area contributed by atoms with Crippen molar-refractivity contribution in [1.82, 2.24) is 9.78 Å². The Morgan fingerprint density at radius 1 is 1.45 bits per heavy atom. The summed E-state index contributed by atoms with van der Waals surface area (Å²) in [5.74, 6) is 0.191. The van der Waals surface area contributed by atoms with Crippen molar-refractivity contribution in [3.05, 3.63) is 46.7 Å². The van der Waals surface area contributed by atoms with Crippen LogP contribution in [0.5, 0.6) is 5.75 Å². The van der Waals surface area contributed by atoms with E-state index in [-0.39, 0.29) is 13.2 Å². The number of nitrogens with zero attached hydrogens (tertiary/aromatic N) is 2. The number of benzene rings is 1. The van der Waals surface area contributed by atoms with Gasteiger partial charge in [0.05, 0.1) is 6.20 Å². The molecular weight excluding hydrogens is 280 g/mol. The zero-order valence-electron chi connectivity index (χ0n) is 11.3. The molecule has 6 heteroatoms. The number of hydrogen-bond acceptors (Lipinski definition) is 4. The van der Waals surface area contributed by atoms with E-state index in [4.69, 9.17) is 21.1 Å². The van der Waals surface area contributed by atoms with Crippen molar-refractivity contribution in [2.75, 3.05) is 6.61 Å². The van der Waals surface area contributed by atoms with Gasteiger partial charge in [-0.15, -0.1) is 0 Å². The third-order valence-electron chi connectivity index (χ3n) is 2.64. The fourth-order valence-corrected chi connectivity index (χ4v) is 1.89. The highest BCUT2D eigenvalue weighted by Crippen LogP contribution is 2.21. The first kappa shape index (κ1) is 14.4. The van der Waals surface area contributed by atoms with Crippen LogP contribution in [0.3, 0.4) is 0 Å². The molecule has 0 aliphatic carbocycles. The minimum absolute atomic E-state index is 0.136. The Bertz CT molecular complexity index is 610. The zero-order valence-corrected chi connectivity index (χ0v) is 12.1. The molecule has 0 radical (unpaired) electrons. The Kier molecular flexibility index (Phi) is 4.63. The monoisotopic (exact) mass is 294 g/mol. The van der Waals surface area contributed by atoms with E-state index in [1.165, 1.54) is 0 Å². The number of halogens is 1. The molecule has 0 aliphatic heterocycles. The van der Waals surface area contributed by atoms with Gasteiger partial charge in [-0.05, 0) is 30.7 Å². The van der Waals surface area contributed by atoms with Crippen LogP contribution in [0.15, 0.2) is 30.6 Å². The summed E-state index contributed by atoms with van der Waals surface area (Å²) in [6, 6.07) is 5.22. The predicted octanol–water partition coefficient (Wildman–Crippen LogP) is 2.50. The van der Waals surface area contributed by atoms with Gasteiger partial charge in [-0.2, -0.15) is 5.10 Å². The third kappa shape index (κ3) is 3.99. The zero-order chi connectivity index (χ0) is 14.5. The lowest BCUT2D eigenvalue weighted by Gasteiger charge is -2.09. The van der Waals surface area contributed by atoms with Gasteiger partial charge in [0.2, 0.25) is 0 Å². The highest BCUT2D eigenvalue weighted by molar-refractivity contribution is 6.30. The van der Waals surface area contributed by atoms with E-state index in [0.717, 1.165) is 11.1 Å². The SMILES string of the molecule is Cc1cc(Cl)ccc1OCC(=O)OCc1cnn(C)c1. The first-order valence-electron chi connectivity index (χ1n) is 6.06. The van der Waals surface area contributed by atoms with Crippen LogP contribution >= 0.6 is 11.6 Å². The second-order valence-electron chi connectivity index (χ2n) is 4.38. The molecule has 1 aromatic carbocycles. The Morgan fingerprint density at radius 2 is 2.25 bits per heavy atom. The first-order chi connectivity index (χ1) is 9.54. The van der Waals surface area contributed by atoms with Gasteiger partial charge in [-0.25, -0.2) is 4.79 Å². The summed E-state index contributed by atoms with van der Waals surface area (Å²) in [5.41, 5.74) is 1.71. The van der Waals surface area contributed by atoms with E-state index in [9.17, 15) is 4.79 Å². The van der Waals surface area contributed by atoms with Crippen molar-refractivity contribution in [3.63, 3.8) is 0 Å². The van der Waals surface area contributed by atoms with E-state index in [1.54, 1.807) is 42.3 Å². The van der Waals surface area contributed by atoms with Crippen molar-refractivity contribution in [2.24, 2.45) is 7.05 Å². The largest absolute Gasteiger partial charge is 0.482 e. The third-order valence-corrected chi connectivity index (χ3v) is 2.88. The molecule has 0 bridgehead atoms. The molecule has 0 spiro atoms. The predicted molar refractivity (Wildman–Crippen MR) is 74.7 cm³/mol. The summed E-state index contributed by atoms with van der Waals surface area (Å²) in [7, 11) is 1.80. The molecule has 0 atom stereocenters. The average molecular weight is 295 g/mol. The summed E-state index contributed by atoms with van der Waals surface area (Å²) in [5, 5.41) is 4.62. The van der Waals surface area contributed by atoms with Crippen molar-refractivity contribution in [2.45, 2.75) is 13.5 Å². The molecule has 0 N–H and O–H groups in total. The van der Waals surface area contributed by atoms with E-state index in [2.05, 4.69) is 5.10 Å². The van der Waals surface area contributed by atoms with Gasteiger partial charge in [0.15, 0.2) is 6.61 Å². The average Bonchev–Trinajstić information content (AvgIpc) is 2.81. The summed E-state index contributed by atoms with van der Waals surface area (Å²) in [4.78, 5) is 11.6. The van der Waals surface area contributed by atoms with Crippen molar-refractivity contribution in [1.29, 1.82) is 0 Å². The van der Waals surface area contributed by atoms with Crippen LogP contribution in [0.1, 0.15) is 11.1 Å². The molecule has 0 fully saturated rings. The standard InChI is InChI=1S/C14H15ClN2O3/c1-10-5-12(15)3-4-13(10)19-9-14(18)20-8-11-6-16-17(2)7-11/h3-7H,8-9H2,1-2H3. The molecule has 5 nitrogen and oxygen atoms in total. The lowest BCUT2D eigenvalue weighted by molar-refractivity contribution is -0.147. The topological polar surface area (TPSA) is 53.4 Å². The maximum Gasteiger partial charge on any atom is 0.344 e. The molecule has 2 rings (SSSR count). The van der Waals surface area contributed by atoms with Crippen LogP contribution in [0.2, 0.25) is 5.02 Å². The highest BCUT2D eigenvalue weighted by atomic mass is 35.5. The Labute approximate surface area is 122 Å². The molecule has 2 aromatic rings. The molecular formula is C14H15ClN2O3. The van der Waals surface area contributed by atoms with Crippen LogP contribution in [-0.4, -0.2) is 22.4 Å². The minimum Gasteiger partial charge on any atom is -0.482 e. The number of ether oxygens (including phenoxy) is 2. The number of esters is 1. The van der Waals surface area contributed by atoms with Crippen molar-refractivity contribution in [3.8, 4) is 5.75 Å². The molecule has 0 aliphatic rings. The van der Waals surface area contributed by atoms with Crippen LogP contribution in [-0.2, 0) is 23.2 Å². The van der Waals surface area contributed by atoms with Crippen molar-refractivity contribution < 1.29 is 14.3 Å². The molecule has 0 amide bonds. The summed E-state index contributed by atoms with van der Waals surface area (Å²) >= 11 is 5.84. The normalized spacial score (nSPS) is 10.3. The molecule has 1 aromatic heterocycles. The van der Waals surface area contributed by atoms with Crippen LogP contribution in [0, 0.1) is 6.92 Å². The number of aromatic nitrogens is 2. The lowest BCUT2D eigenvalue weighted by Crippen LogP contribution is -2.15. The maximum atomic E-state index is 11.6. The van der Waals surface area contributed by atoms with Crippen molar-refractivity contribution >= 4 is 17.6 Å². The Morgan fingerprint density at radius 3 is 2.90 bits per heavy atom. The molecule has 0 unspecified atom stereocenters. The quantitative estimate of drug-likeness (QED) is 0.795. The summed E-state index contributed by atoms with van der Waals surface area (Å²) < 4.78 is 12.1. The molecule has 0 saturated heterocycles. The van der Waals surface area contributed by atoms with Gasteiger partial charge in [0, 0.05) is 23.8 Å². The number of carbonyl (C=O) groups excluding carboxylic acids is 1. The van der Waals surface area contributed by atoms with E-state index in [0.29, 0.717) is 10.8 Å². The number of aryl methyl sites for hydroxylation is 2. The van der Waals surface area contributed by atoms with Crippen LogP contribution < -0.4 is 4.74 Å². The molecule has 1 heterocycles. The van der Waals surface area contributed by atoms with E-state index < -0.39 is 5.97 Å². The van der Waals surface area contributed by atoms with E-state index in [1.807, 2.05) is 6.92 Å². The molecule has 20 heavy (non-hydrogen) atoms. The van der Waals surface area contributed by atoms with Crippen LogP contribution in [0.4, 0.5) is 0 Å². The van der Waals surface area contributed by atoms with Gasteiger partial charge in [0.1, 0.15) is 12.4 Å².